The number of benzene rings is 2. The lowest BCUT2D eigenvalue weighted by atomic mass is 9.51. The minimum atomic E-state index is -1.23. The molecule has 0 aromatic heterocycles. The summed E-state index contributed by atoms with van der Waals surface area (Å²) >= 11 is 3.50. The van der Waals surface area contributed by atoms with E-state index in [1.807, 2.05) is 12.1 Å². The Balaban J connectivity index is 1.39. The van der Waals surface area contributed by atoms with E-state index in [0.717, 1.165) is 5.57 Å². The van der Waals surface area contributed by atoms with Crippen molar-refractivity contribution in [3.63, 3.8) is 0 Å². The molecular weight excluding hydrogens is 616 g/mol. The number of carbonyl (C=O) groups is 5. The van der Waals surface area contributed by atoms with Crippen LogP contribution in [0.2, 0.25) is 0 Å². The molecular formula is C33H33BrN2O7. The number of anilines is 1. The Hall–Kier alpha value is -3.79. The maximum absolute atomic E-state index is 14.4. The topological polar surface area (TPSA) is 132 Å². The number of aromatic hydroxyl groups is 1. The monoisotopic (exact) mass is 648 g/mol. The van der Waals surface area contributed by atoms with Crippen LogP contribution < -0.4 is 4.90 Å². The highest BCUT2D eigenvalue weighted by atomic mass is 79.9. The lowest BCUT2D eigenvalue weighted by molar-refractivity contribution is -0.141. The third-order valence-electron chi connectivity index (χ3n) is 9.95. The summed E-state index contributed by atoms with van der Waals surface area (Å²) in [6.45, 7) is 2.02. The molecule has 43 heavy (non-hydrogen) atoms. The molecule has 2 aromatic carbocycles. The number of carbonyl (C=O) groups excluding carboxylic acids is 4. The van der Waals surface area contributed by atoms with Gasteiger partial charge in [-0.25, -0.2) is 4.90 Å². The molecule has 2 aliphatic heterocycles. The second-order valence-corrected chi connectivity index (χ2v) is 13.1. The van der Waals surface area contributed by atoms with Gasteiger partial charge in [-0.15, -0.1) is 0 Å². The van der Waals surface area contributed by atoms with Crippen molar-refractivity contribution < 1.29 is 34.2 Å². The lowest BCUT2D eigenvalue weighted by Crippen LogP contribution is -2.48. The van der Waals surface area contributed by atoms with E-state index in [9.17, 15) is 29.1 Å². The Kier molecular flexibility index (Phi) is 7.52. The molecule has 4 amide bonds. The highest BCUT2D eigenvalue weighted by Crippen LogP contribution is 2.64. The van der Waals surface area contributed by atoms with Crippen molar-refractivity contribution in [1.82, 2.24) is 4.90 Å². The fourth-order valence-corrected chi connectivity index (χ4v) is 8.33. The van der Waals surface area contributed by atoms with Crippen molar-refractivity contribution in [3.05, 3.63) is 70.2 Å². The van der Waals surface area contributed by atoms with Crippen LogP contribution in [0.5, 0.6) is 5.75 Å². The van der Waals surface area contributed by atoms with E-state index < -0.39 is 41.0 Å². The number of hydrogen-bond acceptors (Lipinski definition) is 6. The SMILES string of the molecule is CC12C(=O)N(c3ccccc3)C(=O)C1CC1C(=CCC3C(=O)N(CCCCCC(=O)O)C(=O)C31)C2c1cc(Br)ccc1O. The summed E-state index contributed by atoms with van der Waals surface area (Å²) in [5, 5.41) is 20.0. The number of phenolic OH excluding ortho intramolecular Hbond substituents is 1. The van der Waals surface area contributed by atoms with E-state index in [0.29, 0.717) is 41.4 Å². The zero-order valence-corrected chi connectivity index (χ0v) is 25.3. The summed E-state index contributed by atoms with van der Waals surface area (Å²) in [5.74, 6) is -5.22. The number of amides is 4. The average Bonchev–Trinajstić information content (AvgIpc) is 3.34. The summed E-state index contributed by atoms with van der Waals surface area (Å²) in [6, 6.07) is 13.8. The van der Waals surface area contributed by atoms with Crippen LogP contribution in [0.15, 0.2) is 64.7 Å². The number of halogens is 1. The van der Waals surface area contributed by atoms with Gasteiger partial charge in [-0.2, -0.15) is 0 Å². The van der Waals surface area contributed by atoms with E-state index in [-0.39, 0.29) is 48.8 Å². The Labute approximate surface area is 257 Å². The van der Waals surface area contributed by atoms with E-state index in [4.69, 9.17) is 5.11 Å². The van der Waals surface area contributed by atoms with E-state index in [1.54, 1.807) is 49.4 Å². The second-order valence-electron chi connectivity index (χ2n) is 12.2. The zero-order valence-electron chi connectivity index (χ0n) is 23.7. The Morgan fingerprint density at radius 2 is 1.72 bits per heavy atom. The van der Waals surface area contributed by atoms with Gasteiger partial charge < -0.3 is 10.2 Å². The number of carboxylic acid groups (broad SMARTS) is 1. The maximum Gasteiger partial charge on any atom is 0.303 e. The van der Waals surface area contributed by atoms with Crippen LogP contribution in [-0.4, -0.2) is 51.3 Å². The standard InChI is InChI=1S/C33H33BrN2O7/c1-33-24(30(41)36(32(33)43)19-8-4-2-5-9-19)17-22-20(28(33)23-16-18(34)11-14-25(23)37)12-13-21-27(22)31(42)35(29(21)40)15-7-3-6-10-26(38)39/h2,4-5,8-9,11-12,14,16,21-22,24,27-28,37H,3,6-7,10,13,15,17H2,1H3,(H,38,39). The molecule has 9 nitrogen and oxygen atoms in total. The molecule has 6 rings (SSSR count). The Morgan fingerprint density at radius 1 is 0.977 bits per heavy atom. The molecule has 1 saturated carbocycles. The van der Waals surface area contributed by atoms with Gasteiger partial charge in [0.05, 0.1) is 28.9 Å². The molecule has 6 atom stereocenters. The number of fused-ring (bicyclic) bond motifs is 4. The van der Waals surface area contributed by atoms with Gasteiger partial charge in [0.1, 0.15) is 5.75 Å². The highest BCUT2D eigenvalue weighted by molar-refractivity contribution is 9.10. The summed E-state index contributed by atoms with van der Waals surface area (Å²) in [6.07, 6.45) is 4.15. The number of hydrogen-bond donors (Lipinski definition) is 2. The van der Waals surface area contributed by atoms with E-state index >= 15 is 0 Å². The minimum Gasteiger partial charge on any atom is -0.508 e. The number of imide groups is 2. The lowest BCUT2D eigenvalue weighted by Gasteiger charge is -2.49. The fourth-order valence-electron chi connectivity index (χ4n) is 7.95. The van der Waals surface area contributed by atoms with Crippen LogP contribution in [0.25, 0.3) is 0 Å². The zero-order chi connectivity index (χ0) is 30.6. The van der Waals surface area contributed by atoms with Crippen LogP contribution in [0.1, 0.15) is 56.9 Å². The summed E-state index contributed by atoms with van der Waals surface area (Å²) in [4.78, 5) is 69.3. The van der Waals surface area contributed by atoms with E-state index in [2.05, 4.69) is 15.9 Å². The van der Waals surface area contributed by atoms with Gasteiger partial charge in [-0.1, -0.05) is 52.2 Å². The first kappa shape index (κ1) is 29.3. The second kappa shape index (κ2) is 11.0. The molecule has 224 valence electrons. The third kappa shape index (κ3) is 4.61. The predicted octanol–water partition coefficient (Wildman–Crippen LogP) is 5.03. The van der Waals surface area contributed by atoms with Crippen LogP contribution in [0, 0.1) is 29.1 Å². The molecule has 2 N–H and O–H groups in total. The summed E-state index contributed by atoms with van der Waals surface area (Å²) in [5.41, 5.74) is 0.560. The molecule has 0 radical (unpaired) electrons. The van der Waals surface area contributed by atoms with Crippen molar-refractivity contribution in [1.29, 1.82) is 0 Å². The van der Waals surface area contributed by atoms with Crippen molar-refractivity contribution in [2.24, 2.45) is 29.1 Å². The minimum absolute atomic E-state index is 0.00734. The summed E-state index contributed by atoms with van der Waals surface area (Å²) < 4.78 is 0.703. The number of allylic oxidation sites excluding steroid dienone is 2. The van der Waals surface area contributed by atoms with Crippen molar-refractivity contribution in [2.75, 3.05) is 11.4 Å². The highest BCUT2D eigenvalue weighted by Gasteiger charge is 2.67. The maximum atomic E-state index is 14.4. The van der Waals surface area contributed by atoms with Crippen LogP contribution in [-0.2, 0) is 24.0 Å². The van der Waals surface area contributed by atoms with Crippen molar-refractivity contribution in [2.45, 2.75) is 51.4 Å². The van der Waals surface area contributed by atoms with Crippen LogP contribution in [0.3, 0.4) is 0 Å². The number of aliphatic carboxylic acids is 1. The molecule has 0 spiro atoms. The number of carboxylic acids is 1. The number of nitrogens with zero attached hydrogens (tertiary/aromatic N) is 2. The quantitative estimate of drug-likeness (QED) is 0.233. The number of likely N-dealkylation sites (tertiary alicyclic amines) is 1. The fraction of sp³-hybridized carbons (Fsp3) is 0.424. The predicted molar refractivity (Wildman–Crippen MR) is 160 cm³/mol. The van der Waals surface area contributed by atoms with Gasteiger partial charge in [0.2, 0.25) is 23.6 Å². The normalized spacial score (nSPS) is 29.8. The first-order valence-electron chi connectivity index (χ1n) is 14.7. The molecule has 6 unspecified atom stereocenters. The summed E-state index contributed by atoms with van der Waals surface area (Å²) in [7, 11) is 0. The third-order valence-corrected chi connectivity index (χ3v) is 10.4. The van der Waals surface area contributed by atoms with E-state index in [1.165, 1.54) is 9.80 Å². The number of para-hydroxylation sites is 1. The molecule has 10 heteroatoms. The molecule has 4 aliphatic rings. The first-order valence-corrected chi connectivity index (χ1v) is 15.5. The molecule has 2 heterocycles. The molecule has 2 aromatic rings. The van der Waals surface area contributed by atoms with Crippen LogP contribution in [0.4, 0.5) is 5.69 Å². The Bertz CT molecular complexity index is 1560. The first-order chi connectivity index (χ1) is 20.6. The average molecular weight is 650 g/mol. The number of rotatable bonds is 8. The van der Waals surface area contributed by atoms with Crippen molar-refractivity contribution in [3.8, 4) is 5.75 Å². The number of phenols is 1. The van der Waals surface area contributed by atoms with Gasteiger partial charge in [0, 0.05) is 28.9 Å². The smallest absolute Gasteiger partial charge is 0.303 e. The molecule has 2 saturated heterocycles. The van der Waals surface area contributed by atoms with Gasteiger partial charge in [-0.3, -0.25) is 28.9 Å². The Morgan fingerprint density at radius 3 is 2.44 bits per heavy atom. The largest absolute Gasteiger partial charge is 0.508 e. The van der Waals surface area contributed by atoms with Gasteiger partial charge in [-0.05, 0) is 68.9 Å². The molecule has 3 fully saturated rings. The molecule has 2 aliphatic carbocycles. The molecule has 0 bridgehead atoms. The van der Waals surface area contributed by atoms with Gasteiger partial charge >= 0.3 is 5.97 Å². The van der Waals surface area contributed by atoms with Crippen LogP contribution >= 0.6 is 15.9 Å². The number of unbranched alkanes of at least 4 members (excludes halogenated alkanes) is 2. The van der Waals surface area contributed by atoms with Crippen molar-refractivity contribution >= 4 is 51.2 Å². The van der Waals surface area contributed by atoms with Gasteiger partial charge in [0.15, 0.2) is 0 Å². The van der Waals surface area contributed by atoms with Gasteiger partial charge in [0.25, 0.3) is 0 Å².